The van der Waals surface area contributed by atoms with Crippen molar-refractivity contribution in [2.45, 2.75) is 43.0 Å². The third kappa shape index (κ3) is 9.17. The molecule has 9 rings (SSSR count). The van der Waals surface area contributed by atoms with Gasteiger partial charge in [-0.05, 0) is 121 Å². The van der Waals surface area contributed by atoms with Crippen molar-refractivity contribution in [3.05, 3.63) is 142 Å². The van der Waals surface area contributed by atoms with Gasteiger partial charge in [0, 0.05) is 62.7 Å². The predicted molar refractivity (Wildman–Crippen MR) is 244 cm³/mol. The fourth-order valence-corrected chi connectivity index (χ4v) is 9.82. The Hall–Kier alpha value is -6.55. The number of carbonyl (C=O) groups excluding carboxylic acids is 1. The molecule has 3 aliphatic heterocycles. The number of hydrogen-bond acceptors (Lipinski definition) is 11. The molecule has 63 heavy (non-hydrogen) atoms. The summed E-state index contributed by atoms with van der Waals surface area (Å²) in [6, 6.07) is 29.5. The van der Waals surface area contributed by atoms with E-state index in [0.717, 1.165) is 80.0 Å². The van der Waals surface area contributed by atoms with Crippen molar-refractivity contribution < 1.29 is 27.6 Å². The molecule has 6 aromatic rings. The van der Waals surface area contributed by atoms with Gasteiger partial charge in [-0.1, -0.05) is 48.5 Å². The summed E-state index contributed by atoms with van der Waals surface area (Å²) in [6.45, 7) is 4.67. The molecule has 0 saturated carbocycles. The quantitative estimate of drug-likeness (QED) is 0.0748. The van der Waals surface area contributed by atoms with E-state index < -0.39 is 31.4 Å². The van der Waals surface area contributed by atoms with Gasteiger partial charge in [-0.15, -0.1) is 0 Å². The molecule has 4 aromatic carbocycles. The van der Waals surface area contributed by atoms with Crippen molar-refractivity contribution in [3.8, 4) is 22.6 Å². The number of pyridine rings is 1. The molecule has 0 radical (unpaired) electrons. The minimum Gasteiger partial charge on any atom is -0.455 e. The smallest absolute Gasteiger partial charge is 0.293 e. The highest BCUT2D eigenvalue weighted by Gasteiger charge is 2.30. The van der Waals surface area contributed by atoms with Crippen LogP contribution >= 0.6 is 0 Å². The van der Waals surface area contributed by atoms with Crippen LogP contribution in [0, 0.1) is 16.0 Å². The van der Waals surface area contributed by atoms with E-state index in [2.05, 4.69) is 79.3 Å². The number of carbonyl (C=O) groups is 1. The Labute approximate surface area is 366 Å². The molecule has 1 amide bonds. The maximum absolute atomic E-state index is 13.9. The van der Waals surface area contributed by atoms with Crippen molar-refractivity contribution in [3.63, 3.8) is 0 Å². The van der Waals surface area contributed by atoms with Crippen LogP contribution in [-0.4, -0.2) is 80.6 Å². The van der Waals surface area contributed by atoms with E-state index in [4.69, 9.17) is 9.47 Å². The molecule has 15 heteroatoms. The Balaban J connectivity index is 0.977. The average molecular weight is 868 g/mol. The molecular weight excluding hydrogens is 819 g/mol. The molecule has 5 heterocycles. The summed E-state index contributed by atoms with van der Waals surface area (Å²) in [5.74, 6) is -0.267. The summed E-state index contributed by atoms with van der Waals surface area (Å²) in [4.78, 5) is 37.3. The Morgan fingerprint density at radius 2 is 1.78 bits per heavy atom. The fraction of sp³-hybridized carbons (Fsp3) is 0.292. The lowest BCUT2D eigenvalue weighted by molar-refractivity contribution is -0.384. The number of nitrogens with zero attached hydrogens (tertiary/aromatic N) is 4. The van der Waals surface area contributed by atoms with E-state index in [-0.39, 0.29) is 29.0 Å². The number of aromatic amines is 1. The van der Waals surface area contributed by atoms with Gasteiger partial charge in [-0.25, -0.2) is 18.1 Å². The van der Waals surface area contributed by atoms with Crippen LogP contribution in [0.15, 0.2) is 120 Å². The lowest BCUT2D eigenvalue weighted by Gasteiger charge is -2.30. The number of anilines is 2. The Bertz CT molecular complexity index is 2800. The summed E-state index contributed by atoms with van der Waals surface area (Å²) in [7, 11) is -2.41. The van der Waals surface area contributed by atoms with Crippen LogP contribution in [0.3, 0.4) is 0 Å². The molecule has 14 nitrogen and oxygen atoms in total. The number of likely N-dealkylation sites (N-methyl/N-ethyl adjacent to an activating group) is 1. The molecule has 2 fully saturated rings. The summed E-state index contributed by atoms with van der Waals surface area (Å²) in [6.07, 6.45) is 10.5. The first-order valence-electron chi connectivity index (χ1n) is 21.4. The monoisotopic (exact) mass is 867 g/mol. The van der Waals surface area contributed by atoms with Crippen LogP contribution in [0.5, 0.6) is 11.5 Å². The van der Waals surface area contributed by atoms with Crippen molar-refractivity contribution in [1.29, 1.82) is 0 Å². The molecule has 0 bridgehead atoms. The van der Waals surface area contributed by atoms with Gasteiger partial charge in [0.15, 0.2) is 0 Å². The second-order valence-electron chi connectivity index (χ2n) is 16.4. The van der Waals surface area contributed by atoms with Gasteiger partial charge in [0.1, 0.15) is 22.8 Å². The zero-order chi connectivity index (χ0) is 43.5. The molecule has 0 unspecified atom stereocenters. The van der Waals surface area contributed by atoms with Gasteiger partial charge < -0.3 is 29.6 Å². The molecule has 0 aliphatic carbocycles. The van der Waals surface area contributed by atoms with Gasteiger partial charge >= 0.3 is 0 Å². The molecule has 3 N–H and O–H groups in total. The van der Waals surface area contributed by atoms with Crippen LogP contribution in [-0.2, 0) is 14.8 Å². The molecule has 3 aliphatic rings. The predicted octanol–water partition coefficient (Wildman–Crippen LogP) is 8.95. The van der Waals surface area contributed by atoms with Crippen molar-refractivity contribution in [2.24, 2.45) is 5.92 Å². The van der Waals surface area contributed by atoms with Crippen molar-refractivity contribution >= 4 is 49.6 Å². The highest BCUT2D eigenvalue weighted by Crippen LogP contribution is 2.41. The first-order valence-corrected chi connectivity index (χ1v) is 22.8. The van der Waals surface area contributed by atoms with Crippen LogP contribution in [0.25, 0.3) is 27.7 Å². The number of nitro benzene ring substituents is 1. The SMILES string of the molecule is CN1CC=C(c2ccccc2[C@H]2CCCN2c2ccc(-c3ccc(C(=O)NS(=O)(=O)c4ccc(NCC5CCOCC5)c([N+](=O)[O-])c4)c(Oc4cnc5[nH]ccc5c4)c3)cc2)CC1. The molecule has 2 aromatic heterocycles. The maximum Gasteiger partial charge on any atom is 0.293 e. The van der Waals surface area contributed by atoms with Crippen molar-refractivity contribution in [1.82, 2.24) is 19.6 Å². The topological polar surface area (TPSA) is 172 Å². The number of fused-ring (bicyclic) bond motifs is 1. The number of hydrogen-bond donors (Lipinski definition) is 3. The number of aromatic nitrogens is 2. The Morgan fingerprint density at radius 1 is 0.968 bits per heavy atom. The van der Waals surface area contributed by atoms with E-state index in [9.17, 15) is 23.3 Å². The van der Waals surface area contributed by atoms with E-state index in [1.54, 1.807) is 24.4 Å². The van der Waals surface area contributed by atoms with Gasteiger partial charge in [0.05, 0.1) is 27.6 Å². The molecule has 324 valence electrons. The fourth-order valence-electron chi connectivity index (χ4n) is 8.84. The van der Waals surface area contributed by atoms with Gasteiger partial charge in [-0.2, -0.15) is 0 Å². The van der Waals surface area contributed by atoms with E-state index in [0.29, 0.717) is 31.2 Å². The number of benzene rings is 4. The minimum absolute atomic E-state index is 0.0596. The second-order valence-corrected chi connectivity index (χ2v) is 18.1. The van der Waals surface area contributed by atoms with Crippen LogP contribution in [0.1, 0.15) is 59.6 Å². The normalized spacial score (nSPS) is 17.4. The lowest BCUT2D eigenvalue weighted by atomic mass is 9.90. The Kier molecular flexibility index (Phi) is 12.0. The zero-order valence-corrected chi connectivity index (χ0v) is 35.8. The number of nitro groups is 1. The summed E-state index contributed by atoms with van der Waals surface area (Å²) >= 11 is 0. The molecule has 1 atom stereocenters. The molecule has 2 saturated heterocycles. The Morgan fingerprint density at radius 3 is 2.57 bits per heavy atom. The highest BCUT2D eigenvalue weighted by atomic mass is 32.2. The first kappa shape index (κ1) is 41.8. The number of sulfonamides is 1. The number of ether oxygens (including phenoxy) is 2. The van der Waals surface area contributed by atoms with Crippen LogP contribution < -0.4 is 19.7 Å². The third-order valence-electron chi connectivity index (χ3n) is 12.3. The van der Waals surface area contributed by atoms with Crippen LogP contribution in [0.4, 0.5) is 17.1 Å². The van der Waals surface area contributed by atoms with Gasteiger partial charge in [0.25, 0.3) is 21.6 Å². The third-order valence-corrected chi connectivity index (χ3v) is 13.6. The maximum atomic E-state index is 13.9. The number of nitrogens with one attached hydrogen (secondary N) is 3. The molecular formula is C48H49N7O7S. The summed E-state index contributed by atoms with van der Waals surface area (Å²) in [5, 5.41) is 16.0. The zero-order valence-electron chi connectivity index (χ0n) is 35.0. The first-order chi connectivity index (χ1) is 30.6. The van der Waals surface area contributed by atoms with Gasteiger partial charge in [0.2, 0.25) is 0 Å². The number of rotatable bonds is 13. The summed E-state index contributed by atoms with van der Waals surface area (Å²) < 4.78 is 41.2. The number of amides is 1. The van der Waals surface area contributed by atoms with E-state index in [1.165, 1.54) is 41.1 Å². The number of H-pyrrole nitrogens is 1. The second kappa shape index (κ2) is 18.0. The van der Waals surface area contributed by atoms with Gasteiger partial charge in [-0.3, -0.25) is 14.9 Å². The minimum atomic E-state index is -4.57. The lowest BCUT2D eigenvalue weighted by Crippen LogP contribution is -2.31. The van der Waals surface area contributed by atoms with Crippen molar-refractivity contribution in [2.75, 3.05) is 56.7 Å². The average Bonchev–Trinajstić information content (AvgIpc) is 3.99. The van der Waals surface area contributed by atoms with Crippen LogP contribution in [0.2, 0.25) is 0 Å². The highest BCUT2D eigenvalue weighted by molar-refractivity contribution is 7.90. The van der Waals surface area contributed by atoms with E-state index in [1.807, 2.05) is 18.2 Å². The molecule has 0 spiro atoms. The summed E-state index contributed by atoms with van der Waals surface area (Å²) in [5.41, 5.74) is 7.19. The largest absolute Gasteiger partial charge is 0.455 e. The standard InChI is InChI=1S/C48H49N7O7S/c1-53-23-17-34(18-24-53)40-5-2-3-6-41(40)44-7-4-22-54(44)37-11-8-33(9-12-37)35-10-14-42(46(28-35)62-38-27-36-16-21-49-47(36)51-31-38)48(56)52-63(59,60)39-13-15-43(45(29-39)55(57)58)50-30-32-19-25-61-26-20-32/h2-3,5-6,8-17,21,27-29,31-32,44,50H,4,7,18-20,22-26,30H2,1H3,(H,49,51)(H,52,56)/t44-/m1/s1. The van der Waals surface area contributed by atoms with E-state index >= 15 is 0 Å².